The Bertz CT molecular complexity index is 1250. The van der Waals surface area contributed by atoms with E-state index < -0.39 is 28.5 Å². The van der Waals surface area contributed by atoms with Gasteiger partial charge in [0.1, 0.15) is 11.0 Å². The van der Waals surface area contributed by atoms with Gasteiger partial charge in [0.2, 0.25) is 0 Å². The lowest BCUT2D eigenvalue weighted by Gasteiger charge is -2.17. The first-order chi connectivity index (χ1) is 13.1. The van der Waals surface area contributed by atoms with Gasteiger partial charge < -0.3 is 5.32 Å². The minimum absolute atomic E-state index is 0.0280. The fourth-order valence-corrected chi connectivity index (χ4v) is 3.05. The topological polar surface area (TPSA) is 78.0 Å². The van der Waals surface area contributed by atoms with Crippen molar-refractivity contribution < 1.29 is 13.2 Å². The van der Waals surface area contributed by atoms with Crippen molar-refractivity contribution >= 4 is 22.4 Å². The lowest BCUT2D eigenvalue weighted by molar-refractivity contribution is -0.137. The van der Waals surface area contributed by atoms with Crippen molar-refractivity contribution in [3.63, 3.8) is 0 Å². The first kappa shape index (κ1) is 19.5. The number of aromatic nitrogens is 3. The van der Waals surface area contributed by atoms with E-state index in [-0.39, 0.29) is 29.0 Å². The second-order valence-corrected chi connectivity index (χ2v) is 6.25. The minimum atomic E-state index is -4.54. The molecule has 1 N–H and O–H groups in total. The molecule has 0 saturated carbocycles. The van der Waals surface area contributed by atoms with Crippen LogP contribution in [0.2, 0.25) is 0 Å². The Hall–Kier alpha value is -3.30. The van der Waals surface area contributed by atoms with Crippen LogP contribution in [0.3, 0.4) is 0 Å². The molecule has 0 aliphatic heterocycles. The number of hydrogen-bond donors (Lipinski definition) is 1. The maximum atomic E-state index is 13.0. The van der Waals surface area contributed by atoms with Gasteiger partial charge in [-0.2, -0.15) is 13.2 Å². The van der Waals surface area contributed by atoms with Gasteiger partial charge in [-0.15, -0.1) is 0 Å². The lowest BCUT2D eigenvalue weighted by Crippen LogP contribution is -2.40. The number of nitrogens with zero attached hydrogens (tertiary/aromatic N) is 3. The summed E-state index contributed by atoms with van der Waals surface area (Å²) in [7, 11) is 2.72. The summed E-state index contributed by atoms with van der Waals surface area (Å²) in [4.78, 5) is 37.5. The average Bonchev–Trinajstić information content (AvgIpc) is 2.63. The Labute approximate surface area is 156 Å². The zero-order chi connectivity index (χ0) is 20.8. The molecule has 0 saturated heterocycles. The number of halogens is 3. The highest BCUT2D eigenvalue weighted by atomic mass is 19.4. The highest BCUT2D eigenvalue weighted by molar-refractivity contribution is 5.90. The van der Waals surface area contributed by atoms with Crippen molar-refractivity contribution in [2.24, 2.45) is 14.1 Å². The summed E-state index contributed by atoms with van der Waals surface area (Å²) in [6.45, 7) is 1.88. The molecular formula is C18H17F3N4O3. The van der Waals surface area contributed by atoms with Gasteiger partial charge >= 0.3 is 11.9 Å². The fourth-order valence-electron chi connectivity index (χ4n) is 3.05. The van der Waals surface area contributed by atoms with Crippen molar-refractivity contribution in [3.05, 3.63) is 67.1 Å². The molecule has 0 radical (unpaired) electrons. The Morgan fingerprint density at radius 3 is 2.32 bits per heavy atom. The van der Waals surface area contributed by atoms with Gasteiger partial charge in [-0.25, -0.2) is 4.79 Å². The van der Waals surface area contributed by atoms with E-state index in [1.807, 2.05) is 0 Å². The summed E-state index contributed by atoms with van der Waals surface area (Å²) in [6.07, 6.45) is -4.54. The van der Waals surface area contributed by atoms with Crippen LogP contribution >= 0.6 is 0 Å². The number of alkyl halides is 3. The molecule has 28 heavy (non-hydrogen) atoms. The maximum Gasteiger partial charge on any atom is 0.416 e. The summed E-state index contributed by atoms with van der Waals surface area (Å²) in [5, 5.41) is 2.76. The maximum absolute atomic E-state index is 13.0. The first-order valence-corrected chi connectivity index (χ1v) is 8.34. The third kappa shape index (κ3) is 3.10. The van der Waals surface area contributed by atoms with E-state index in [1.54, 1.807) is 6.92 Å². The molecule has 2 heterocycles. The van der Waals surface area contributed by atoms with Crippen LogP contribution in [0.4, 0.5) is 24.5 Å². The third-order valence-electron chi connectivity index (χ3n) is 4.49. The number of nitrogens with one attached hydrogen (secondary N) is 1. The monoisotopic (exact) mass is 394 g/mol. The van der Waals surface area contributed by atoms with Gasteiger partial charge in [0, 0.05) is 32.4 Å². The normalized spacial score (nSPS) is 11.8. The average molecular weight is 394 g/mol. The molecule has 0 unspecified atom stereocenters. The summed E-state index contributed by atoms with van der Waals surface area (Å²) in [5.41, 5.74) is -2.46. The van der Waals surface area contributed by atoms with E-state index in [0.29, 0.717) is 0 Å². The number of pyridine rings is 1. The number of anilines is 2. The lowest BCUT2D eigenvalue weighted by atomic mass is 10.2. The molecule has 0 atom stereocenters. The highest BCUT2D eigenvalue weighted by Crippen LogP contribution is 2.31. The second kappa shape index (κ2) is 6.70. The molecule has 0 fully saturated rings. The number of aryl methyl sites for hydroxylation is 2. The molecular weight excluding hydrogens is 377 g/mol. The van der Waals surface area contributed by atoms with Crippen LogP contribution in [0.25, 0.3) is 11.0 Å². The van der Waals surface area contributed by atoms with Gasteiger partial charge in [-0.1, -0.05) is 6.07 Å². The molecule has 2 aromatic heterocycles. The zero-order valence-electron chi connectivity index (χ0n) is 15.3. The largest absolute Gasteiger partial charge is 0.416 e. The predicted molar refractivity (Wildman–Crippen MR) is 99.1 cm³/mol. The Morgan fingerprint density at radius 1 is 1.04 bits per heavy atom. The molecule has 10 heteroatoms. The molecule has 0 aliphatic rings. The van der Waals surface area contributed by atoms with Crippen LogP contribution in [0.15, 0.2) is 44.7 Å². The van der Waals surface area contributed by atoms with Crippen molar-refractivity contribution in [3.8, 4) is 0 Å². The highest BCUT2D eigenvalue weighted by Gasteiger charge is 2.30. The molecule has 7 nitrogen and oxygen atoms in total. The summed E-state index contributed by atoms with van der Waals surface area (Å²) in [5.74, 6) is 0. The van der Waals surface area contributed by atoms with Gasteiger partial charge in [-0.3, -0.25) is 23.3 Å². The van der Waals surface area contributed by atoms with E-state index in [1.165, 1.54) is 35.4 Å². The van der Waals surface area contributed by atoms with Crippen LogP contribution < -0.4 is 22.1 Å². The molecule has 3 aromatic rings. The summed E-state index contributed by atoms with van der Waals surface area (Å²) in [6, 6.07) is 5.52. The van der Waals surface area contributed by atoms with Crippen molar-refractivity contribution in [2.45, 2.75) is 19.6 Å². The Kier molecular flexibility index (Phi) is 4.66. The third-order valence-corrected chi connectivity index (χ3v) is 4.49. The number of fused-ring (bicyclic) bond motifs is 1. The van der Waals surface area contributed by atoms with Gasteiger partial charge in [-0.05, 0) is 25.1 Å². The van der Waals surface area contributed by atoms with Crippen LogP contribution in [-0.4, -0.2) is 13.7 Å². The number of benzene rings is 1. The second-order valence-electron chi connectivity index (χ2n) is 6.25. The van der Waals surface area contributed by atoms with Crippen LogP contribution in [0, 0.1) is 0 Å². The fraction of sp³-hybridized carbons (Fsp3) is 0.278. The number of hydrogen-bond acceptors (Lipinski definition) is 4. The van der Waals surface area contributed by atoms with Crippen molar-refractivity contribution in [2.75, 3.05) is 5.32 Å². The van der Waals surface area contributed by atoms with Crippen LogP contribution in [0.1, 0.15) is 12.5 Å². The van der Waals surface area contributed by atoms with Crippen LogP contribution in [0.5, 0.6) is 0 Å². The van der Waals surface area contributed by atoms with Crippen molar-refractivity contribution in [1.29, 1.82) is 0 Å². The minimum Gasteiger partial charge on any atom is -0.355 e. The van der Waals surface area contributed by atoms with E-state index in [0.717, 1.165) is 22.8 Å². The molecule has 0 amide bonds. The quantitative estimate of drug-likeness (QED) is 0.739. The van der Waals surface area contributed by atoms with E-state index in [4.69, 9.17) is 0 Å². The van der Waals surface area contributed by atoms with Crippen molar-refractivity contribution in [1.82, 2.24) is 13.7 Å². The molecule has 148 valence electrons. The smallest absolute Gasteiger partial charge is 0.355 e. The predicted octanol–water partition coefficient (Wildman–Crippen LogP) is 2.18. The zero-order valence-corrected chi connectivity index (χ0v) is 15.3. The summed E-state index contributed by atoms with van der Waals surface area (Å²) < 4.78 is 42.2. The van der Waals surface area contributed by atoms with Gasteiger partial charge in [0.15, 0.2) is 0 Å². The first-order valence-electron chi connectivity index (χ1n) is 8.34. The molecule has 0 bridgehead atoms. The standard InChI is InChI=1S/C18H17F3N4O3/c1-4-25-15-14(16(27)24(3)17(25)28)12(9-13(26)23(15)2)22-11-7-5-6-10(8-11)18(19,20)21/h5-9,22H,4H2,1-3H3. The number of rotatable bonds is 3. The molecule has 0 aliphatic carbocycles. The SMILES string of the molecule is CCn1c(=O)n(C)c(=O)c2c(Nc3cccc(C(F)(F)F)c3)cc(=O)n(C)c21. The Balaban J connectivity index is 2.33. The molecule has 3 rings (SSSR count). The summed E-state index contributed by atoms with van der Waals surface area (Å²) >= 11 is 0. The van der Waals surface area contributed by atoms with Gasteiger partial charge in [0.25, 0.3) is 11.1 Å². The van der Waals surface area contributed by atoms with Crippen LogP contribution in [-0.2, 0) is 26.8 Å². The van der Waals surface area contributed by atoms with E-state index in [2.05, 4.69) is 5.32 Å². The molecule has 1 aromatic carbocycles. The molecule has 0 spiro atoms. The van der Waals surface area contributed by atoms with E-state index in [9.17, 15) is 27.6 Å². The Morgan fingerprint density at radius 2 is 1.71 bits per heavy atom. The van der Waals surface area contributed by atoms with Gasteiger partial charge in [0.05, 0.1) is 11.3 Å². The van der Waals surface area contributed by atoms with E-state index >= 15 is 0 Å².